The van der Waals surface area contributed by atoms with Gasteiger partial charge in [-0.3, -0.25) is 4.79 Å². The Bertz CT molecular complexity index is 644. The molecule has 0 radical (unpaired) electrons. The Morgan fingerprint density at radius 3 is 2.38 bits per heavy atom. The highest BCUT2D eigenvalue weighted by Crippen LogP contribution is 2.15. The predicted molar refractivity (Wildman–Crippen MR) is 82.7 cm³/mol. The van der Waals surface area contributed by atoms with Crippen molar-refractivity contribution in [2.75, 3.05) is 11.9 Å². The monoisotopic (exact) mass is 279 g/mol. The van der Waals surface area contributed by atoms with E-state index in [0.717, 1.165) is 11.3 Å². The highest BCUT2D eigenvalue weighted by atomic mass is 16.2. The molecule has 0 saturated heterocycles. The van der Waals surface area contributed by atoms with E-state index >= 15 is 0 Å². The van der Waals surface area contributed by atoms with Crippen LogP contribution in [0.1, 0.15) is 11.1 Å². The molecular formula is C17H17N3O. The fourth-order valence-electron chi connectivity index (χ4n) is 2.09. The van der Waals surface area contributed by atoms with Crippen LogP contribution in [0.2, 0.25) is 0 Å². The fraction of sp³-hybridized carbons (Fsp3) is 0.176. The van der Waals surface area contributed by atoms with E-state index in [1.165, 1.54) is 4.90 Å². The van der Waals surface area contributed by atoms with Crippen LogP contribution in [0, 0.1) is 11.3 Å². The largest absolute Gasteiger partial charge is 0.320 e. The van der Waals surface area contributed by atoms with Gasteiger partial charge in [0.2, 0.25) is 5.91 Å². The van der Waals surface area contributed by atoms with Crippen LogP contribution in [0.15, 0.2) is 54.6 Å². The Balaban J connectivity index is 2.05. The lowest BCUT2D eigenvalue weighted by Crippen LogP contribution is -2.43. The SMILES string of the molecule is CN(C(=O)[C@H](N)Cc1ccccc1)c1ccc(C#N)cc1. The molecule has 2 rings (SSSR count). The maximum absolute atomic E-state index is 12.3. The molecule has 106 valence electrons. The van der Waals surface area contributed by atoms with Gasteiger partial charge in [-0.05, 0) is 36.2 Å². The smallest absolute Gasteiger partial charge is 0.243 e. The minimum Gasteiger partial charge on any atom is -0.320 e. The number of nitriles is 1. The molecule has 4 heteroatoms. The van der Waals surface area contributed by atoms with E-state index < -0.39 is 6.04 Å². The van der Waals surface area contributed by atoms with Gasteiger partial charge in [0.1, 0.15) is 0 Å². The number of hydrogen-bond donors (Lipinski definition) is 1. The Morgan fingerprint density at radius 1 is 1.19 bits per heavy atom. The Kier molecular flexibility index (Phi) is 4.70. The molecule has 0 heterocycles. The third-order valence-electron chi connectivity index (χ3n) is 3.33. The molecule has 0 aromatic heterocycles. The molecule has 0 bridgehead atoms. The predicted octanol–water partition coefficient (Wildman–Crippen LogP) is 2.09. The zero-order chi connectivity index (χ0) is 15.2. The molecular weight excluding hydrogens is 262 g/mol. The van der Waals surface area contributed by atoms with Crippen LogP contribution in [-0.2, 0) is 11.2 Å². The molecule has 0 aliphatic carbocycles. The van der Waals surface area contributed by atoms with Crippen molar-refractivity contribution in [2.24, 2.45) is 5.73 Å². The Morgan fingerprint density at radius 2 is 1.81 bits per heavy atom. The molecule has 2 N–H and O–H groups in total. The van der Waals surface area contributed by atoms with Gasteiger partial charge in [-0.1, -0.05) is 30.3 Å². The minimum absolute atomic E-state index is 0.149. The summed E-state index contributed by atoms with van der Waals surface area (Å²) in [6.45, 7) is 0. The van der Waals surface area contributed by atoms with E-state index in [4.69, 9.17) is 11.0 Å². The number of rotatable bonds is 4. The third-order valence-corrected chi connectivity index (χ3v) is 3.33. The first-order chi connectivity index (χ1) is 10.1. The fourth-order valence-corrected chi connectivity index (χ4v) is 2.09. The first-order valence-corrected chi connectivity index (χ1v) is 6.69. The zero-order valence-electron chi connectivity index (χ0n) is 11.9. The first kappa shape index (κ1) is 14.8. The lowest BCUT2D eigenvalue weighted by atomic mass is 10.1. The molecule has 0 aliphatic rings. The third kappa shape index (κ3) is 3.68. The van der Waals surface area contributed by atoms with Crippen molar-refractivity contribution in [1.82, 2.24) is 0 Å². The first-order valence-electron chi connectivity index (χ1n) is 6.69. The standard InChI is InChI=1S/C17H17N3O/c1-20(15-9-7-14(12-18)8-10-15)17(21)16(19)11-13-5-3-2-4-6-13/h2-10,16H,11,19H2,1H3/t16-/m1/s1. The molecule has 2 aromatic carbocycles. The quantitative estimate of drug-likeness (QED) is 0.931. The summed E-state index contributed by atoms with van der Waals surface area (Å²) in [5.41, 5.74) is 8.32. The topological polar surface area (TPSA) is 70.1 Å². The van der Waals surface area contributed by atoms with Crippen LogP contribution in [0.25, 0.3) is 0 Å². The summed E-state index contributed by atoms with van der Waals surface area (Å²) in [7, 11) is 1.69. The van der Waals surface area contributed by atoms with Crippen molar-refractivity contribution < 1.29 is 4.79 Å². The number of nitrogens with two attached hydrogens (primary N) is 1. The highest BCUT2D eigenvalue weighted by Gasteiger charge is 2.19. The number of anilines is 1. The number of hydrogen-bond acceptors (Lipinski definition) is 3. The minimum atomic E-state index is -0.590. The van der Waals surface area contributed by atoms with Crippen LogP contribution in [0.3, 0.4) is 0 Å². The average Bonchev–Trinajstić information content (AvgIpc) is 2.54. The van der Waals surface area contributed by atoms with Crippen molar-refractivity contribution in [3.8, 4) is 6.07 Å². The van der Waals surface area contributed by atoms with Crippen molar-refractivity contribution in [3.05, 3.63) is 65.7 Å². The van der Waals surface area contributed by atoms with Crippen LogP contribution in [0.4, 0.5) is 5.69 Å². The number of carbonyl (C=O) groups is 1. The van der Waals surface area contributed by atoms with Crippen molar-refractivity contribution in [2.45, 2.75) is 12.5 Å². The van der Waals surface area contributed by atoms with Gasteiger partial charge in [0.25, 0.3) is 0 Å². The summed E-state index contributed by atoms with van der Waals surface area (Å²) < 4.78 is 0. The van der Waals surface area contributed by atoms with Crippen LogP contribution in [0.5, 0.6) is 0 Å². The second-order valence-corrected chi connectivity index (χ2v) is 4.85. The van der Waals surface area contributed by atoms with Gasteiger partial charge in [0, 0.05) is 12.7 Å². The Labute approximate surface area is 124 Å². The van der Waals surface area contributed by atoms with Gasteiger partial charge in [-0.25, -0.2) is 0 Å². The molecule has 4 nitrogen and oxygen atoms in total. The lowest BCUT2D eigenvalue weighted by Gasteiger charge is -2.21. The van der Waals surface area contributed by atoms with E-state index in [0.29, 0.717) is 12.0 Å². The van der Waals surface area contributed by atoms with Crippen molar-refractivity contribution in [3.63, 3.8) is 0 Å². The van der Waals surface area contributed by atoms with Crippen molar-refractivity contribution >= 4 is 11.6 Å². The summed E-state index contributed by atoms with van der Waals surface area (Å²) in [6.07, 6.45) is 0.500. The summed E-state index contributed by atoms with van der Waals surface area (Å²) in [6, 6.07) is 18.0. The number of likely N-dealkylation sites (N-methyl/N-ethyl adjacent to an activating group) is 1. The number of amides is 1. The van der Waals surface area contributed by atoms with E-state index in [-0.39, 0.29) is 5.91 Å². The average molecular weight is 279 g/mol. The van der Waals surface area contributed by atoms with Gasteiger partial charge in [0.15, 0.2) is 0 Å². The summed E-state index contributed by atoms with van der Waals surface area (Å²) >= 11 is 0. The molecule has 2 aromatic rings. The van der Waals surface area contributed by atoms with Gasteiger partial charge in [-0.2, -0.15) is 5.26 Å². The van der Waals surface area contributed by atoms with E-state index in [9.17, 15) is 4.79 Å². The second kappa shape index (κ2) is 6.69. The summed E-state index contributed by atoms with van der Waals surface area (Å²) in [5.74, 6) is -0.149. The number of nitrogens with zero attached hydrogens (tertiary/aromatic N) is 2. The molecule has 0 aliphatic heterocycles. The lowest BCUT2D eigenvalue weighted by molar-refractivity contribution is -0.119. The summed E-state index contributed by atoms with van der Waals surface area (Å²) in [5, 5.41) is 8.78. The van der Waals surface area contributed by atoms with Crippen LogP contribution in [-0.4, -0.2) is 19.0 Å². The molecule has 21 heavy (non-hydrogen) atoms. The molecule has 0 spiro atoms. The van der Waals surface area contributed by atoms with Gasteiger partial charge < -0.3 is 10.6 Å². The van der Waals surface area contributed by atoms with Gasteiger partial charge in [0.05, 0.1) is 17.7 Å². The molecule has 0 unspecified atom stereocenters. The van der Waals surface area contributed by atoms with Crippen LogP contribution < -0.4 is 10.6 Å². The summed E-state index contributed by atoms with van der Waals surface area (Å²) in [4.78, 5) is 13.9. The van der Waals surface area contributed by atoms with E-state index in [1.807, 2.05) is 36.4 Å². The molecule has 0 fully saturated rings. The second-order valence-electron chi connectivity index (χ2n) is 4.85. The van der Waals surface area contributed by atoms with E-state index in [1.54, 1.807) is 31.3 Å². The number of benzene rings is 2. The van der Waals surface area contributed by atoms with Gasteiger partial charge in [-0.15, -0.1) is 0 Å². The van der Waals surface area contributed by atoms with Crippen LogP contribution >= 0.6 is 0 Å². The van der Waals surface area contributed by atoms with Gasteiger partial charge >= 0.3 is 0 Å². The highest BCUT2D eigenvalue weighted by molar-refractivity contribution is 5.96. The number of carbonyl (C=O) groups excluding carboxylic acids is 1. The maximum atomic E-state index is 12.3. The maximum Gasteiger partial charge on any atom is 0.243 e. The van der Waals surface area contributed by atoms with E-state index in [2.05, 4.69) is 0 Å². The molecule has 0 saturated carbocycles. The molecule has 1 amide bonds. The Hall–Kier alpha value is -2.64. The normalized spacial score (nSPS) is 11.5. The van der Waals surface area contributed by atoms with Crippen molar-refractivity contribution in [1.29, 1.82) is 5.26 Å². The molecule has 1 atom stereocenters. The zero-order valence-corrected chi connectivity index (χ0v) is 11.9.